The van der Waals surface area contributed by atoms with Crippen molar-refractivity contribution < 1.29 is 14.3 Å². The number of benzene rings is 1. The summed E-state index contributed by atoms with van der Waals surface area (Å²) < 4.78 is 4.99. The van der Waals surface area contributed by atoms with Crippen LogP contribution < -0.4 is 5.32 Å². The average molecular weight is 341 g/mol. The predicted molar refractivity (Wildman–Crippen MR) is 94.7 cm³/mol. The van der Waals surface area contributed by atoms with Crippen LogP contribution in [0.25, 0.3) is 0 Å². The van der Waals surface area contributed by atoms with Gasteiger partial charge in [-0.1, -0.05) is 19.1 Å². The second-order valence-electron chi connectivity index (χ2n) is 6.09. The molecule has 0 atom stereocenters. The van der Waals surface area contributed by atoms with E-state index < -0.39 is 11.9 Å². The first kappa shape index (κ1) is 18.5. The average Bonchev–Trinajstić information content (AvgIpc) is 2.61. The van der Waals surface area contributed by atoms with Crippen LogP contribution in [0.3, 0.4) is 0 Å². The third-order valence-electron chi connectivity index (χ3n) is 4.17. The lowest BCUT2D eigenvalue weighted by Gasteiger charge is -2.29. The number of amides is 1. The summed E-state index contributed by atoms with van der Waals surface area (Å²) in [6, 6.07) is 8.54. The monoisotopic (exact) mass is 341 g/mol. The van der Waals surface area contributed by atoms with Gasteiger partial charge in [0.15, 0.2) is 0 Å². The summed E-state index contributed by atoms with van der Waals surface area (Å²) in [5.74, 6) is -0.371. The Hall–Kier alpha value is -2.81. The molecule has 1 heterocycles. The first-order valence-electron chi connectivity index (χ1n) is 8.48. The van der Waals surface area contributed by atoms with Crippen LogP contribution in [-0.2, 0) is 9.53 Å². The highest BCUT2D eigenvalue weighted by Gasteiger charge is 2.18. The lowest BCUT2D eigenvalue weighted by molar-refractivity contribution is -0.112. The fourth-order valence-electron chi connectivity index (χ4n) is 2.65. The molecule has 1 N–H and O–H groups in total. The van der Waals surface area contributed by atoms with Crippen LogP contribution >= 0.6 is 0 Å². The molecule has 1 saturated heterocycles. The van der Waals surface area contributed by atoms with Gasteiger partial charge in [0.2, 0.25) is 0 Å². The van der Waals surface area contributed by atoms with Crippen LogP contribution in [0.2, 0.25) is 0 Å². The number of piperidine rings is 1. The van der Waals surface area contributed by atoms with E-state index in [1.165, 1.54) is 0 Å². The van der Waals surface area contributed by atoms with Gasteiger partial charge in [-0.25, -0.2) is 4.79 Å². The maximum Gasteiger partial charge on any atom is 0.340 e. The number of likely N-dealkylation sites (tertiary alicyclic amines) is 1. The van der Waals surface area contributed by atoms with Crippen LogP contribution in [0.4, 0.5) is 5.69 Å². The minimum atomic E-state index is -0.530. The summed E-state index contributed by atoms with van der Waals surface area (Å²) >= 11 is 0. The number of ether oxygens (including phenoxy) is 1. The zero-order chi connectivity index (χ0) is 18.2. The smallest absolute Gasteiger partial charge is 0.340 e. The van der Waals surface area contributed by atoms with Crippen molar-refractivity contribution in [3.63, 3.8) is 0 Å². The van der Waals surface area contributed by atoms with Gasteiger partial charge in [0.05, 0.1) is 17.9 Å². The molecular weight excluding hydrogens is 318 g/mol. The van der Waals surface area contributed by atoms with Crippen molar-refractivity contribution in [3.8, 4) is 6.07 Å². The zero-order valence-corrected chi connectivity index (χ0v) is 14.6. The molecule has 132 valence electrons. The maximum absolute atomic E-state index is 12.4. The molecule has 0 radical (unpaired) electrons. The number of nitrogens with one attached hydrogen (secondary N) is 1. The Morgan fingerprint density at radius 3 is 2.68 bits per heavy atom. The largest absolute Gasteiger partial charge is 0.462 e. The summed E-state index contributed by atoms with van der Waals surface area (Å²) in [6.07, 6.45) is 3.69. The summed E-state index contributed by atoms with van der Waals surface area (Å²) in [4.78, 5) is 26.4. The Morgan fingerprint density at radius 2 is 2.04 bits per heavy atom. The Balaban J connectivity index is 2.12. The standard InChI is InChI=1S/C19H23N3O3/c1-3-25-19(24)16-6-4-5-7-17(16)21-18(23)15(12-20)13-22-10-8-14(2)9-11-22/h4-7,13-14H,3,8-11H2,1-2H3,(H,21,23)/b15-13-. The molecule has 25 heavy (non-hydrogen) atoms. The van der Waals surface area contributed by atoms with Crippen molar-refractivity contribution in [2.24, 2.45) is 5.92 Å². The molecule has 1 amide bonds. The molecule has 6 nitrogen and oxygen atoms in total. The maximum atomic E-state index is 12.4. The number of hydrogen-bond acceptors (Lipinski definition) is 5. The molecule has 0 spiro atoms. The minimum Gasteiger partial charge on any atom is -0.462 e. The number of hydrogen-bond donors (Lipinski definition) is 1. The van der Waals surface area contributed by atoms with Gasteiger partial charge in [-0.15, -0.1) is 0 Å². The summed E-state index contributed by atoms with van der Waals surface area (Å²) in [6.45, 7) is 5.83. The number of anilines is 1. The van der Waals surface area contributed by atoms with Crippen molar-refractivity contribution in [1.82, 2.24) is 4.90 Å². The number of para-hydroxylation sites is 1. The molecule has 0 aliphatic carbocycles. The van der Waals surface area contributed by atoms with Gasteiger partial charge in [-0.2, -0.15) is 5.26 Å². The molecule has 0 bridgehead atoms. The SMILES string of the molecule is CCOC(=O)c1ccccc1NC(=O)/C(C#N)=C\N1CCC(C)CC1. The van der Waals surface area contributed by atoms with E-state index >= 15 is 0 Å². The van der Waals surface area contributed by atoms with Crippen molar-refractivity contribution in [1.29, 1.82) is 5.26 Å². The summed E-state index contributed by atoms with van der Waals surface area (Å²) in [5, 5.41) is 12.0. The van der Waals surface area contributed by atoms with E-state index in [0.717, 1.165) is 25.9 Å². The third kappa shape index (κ3) is 5.08. The van der Waals surface area contributed by atoms with Crippen LogP contribution in [0.15, 0.2) is 36.0 Å². The summed E-state index contributed by atoms with van der Waals surface area (Å²) in [5.41, 5.74) is 0.620. The molecule has 2 rings (SSSR count). The molecule has 6 heteroatoms. The summed E-state index contributed by atoms with van der Waals surface area (Å²) in [7, 11) is 0. The lowest BCUT2D eigenvalue weighted by atomic mass is 9.99. The lowest BCUT2D eigenvalue weighted by Crippen LogP contribution is -2.30. The van der Waals surface area contributed by atoms with E-state index in [2.05, 4.69) is 12.2 Å². The number of nitrogens with zero attached hydrogens (tertiary/aromatic N) is 2. The third-order valence-corrected chi connectivity index (χ3v) is 4.17. The molecular formula is C19H23N3O3. The second kappa shape index (κ2) is 8.88. The first-order valence-corrected chi connectivity index (χ1v) is 8.48. The Bertz CT molecular complexity index is 698. The van der Waals surface area contributed by atoms with Crippen molar-refractivity contribution >= 4 is 17.6 Å². The normalized spacial score (nSPS) is 15.4. The van der Waals surface area contributed by atoms with E-state index in [1.807, 2.05) is 11.0 Å². The Labute approximate surface area is 148 Å². The molecule has 0 aromatic heterocycles. The van der Waals surface area contributed by atoms with Crippen molar-refractivity contribution in [2.75, 3.05) is 25.0 Å². The van der Waals surface area contributed by atoms with Crippen LogP contribution in [-0.4, -0.2) is 36.5 Å². The van der Waals surface area contributed by atoms with E-state index in [9.17, 15) is 14.9 Å². The molecule has 1 aliphatic heterocycles. The second-order valence-corrected chi connectivity index (χ2v) is 6.09. The van der Waals surface area contributed by atoms with Crippen LogP contribution in [0.5, 0.6) is 0 Å². The van der Waals surface area contributed by atoms with Gasteiger partial charge in [0, 0.05) is 19.3 Å². The molecule has 1 aromatic rings. The van der Waals surface area contributed by atoms with Crippen molar-refractivity contribution in [2.45, 2.75) is 26.7 Å². The predicted octanol–water partition coefficient (Wildman–Crippen LogP) is 2.94. The van der Waals surface area contributed by atoms with Gasteiger partial charge in [0.1, 0.15) is 11.6 Å². The Morgan fingerprint density at radius 1 is 1.36 bits per heavy atom. The van der Waals surface area contributed by atoms with Gasteiger partial charge in [0.25, 0.3) is 5.91 Å². The van der Waals surface area contributed by atoms with Crippen LogP contribution in [0, 0.1) is 17.2 Å². The van der Waals surface area contributed by atoms with E-state index in [1.54, 1.807) is 37.4 Å². The zero-order valence-electron chi connectivity index (χ0n) is 14.6. The number of carbonyl (C=O) groups is 2. The van der Waals surface area contributed by atoms with Gasteiger partial charge >= 0.3 is 5.97 Å². The highest BCUT2D eigenvalue weighted by atomic mass is 16.5. The molecule has 0 unspecified atom stereocenters. The fraction of sp³-hybridized carbons (Fsp3) is 0.421. The van der Waals surface area contributed by atoms with Gasteiger partial charge in [-0.05, 0) is 37.8 Å². The first-order chi connectivity index (χ1) is 12.0. The highest BCUT2D eigenvalue weighted by molar-refractivity contribution is 6.09. The molecule has 1 aromatic carbocycles. The molecule has 1 aliphatic rings. The highest BCUT2D eigenvalue weighted by Crippen LogP contribution is 2.19. The van der Waals surface area contributed by atoms with Crippen molar-refractivity contribution in [3.05, 3.63) is 41.6 Å². The van der Waals surface area contributed by atoms with E-state index in [4.69, 9.17) is 4.74 Å². The quantitative estimate of drug-likeness (QED) is 0.506. The topological polar surface area (TPSA) is 82.4 Å². The molecule has 0 saturated carbocycles. The van der Waals surface area contributed by atoms with Gasteiger partial charge < -0.3 is 15.0 Å². The van der Waals surface area contributed by atoms with E-state index in [0.29, 0.717) is 11.6 Å². The minimum absolute atomic E-state index is 0.0215. The fourth-order valence-corrected chi connectivity index (χ4v) is 2.65. The Kier molecular flexibility index (Phi) is 6.58. The molecule has 1 fully saturated rings. The van der Waals surface area contributed by atoms with Gasteiger partial charge in [-0.3, -0.25) is 4.79 Å². The number of carbonyl (C=O) groups excluding carboxylic acids is 2. The number of rotatable bonds is 5. The van der Waals surface area contributed by atoms with E-state index in [-0.39, 0.29) is 17.7 Å². The number of esters is 1. The number of nitriles is 1. The van der Waals surface area contributed by atoms with Crippen LogP contribution in [0.1, 0.15) is 37.0 Å².